The first kappa shape index (κ1) is 16.4. The monoisotopic (exact) mass is 305 g/mol. The summed E-state index contributed by atoms with van der Waals surface area (Å²) >= 11 is 5.49. The molecule has 108 valence electrons. The minimum atomic E-state index is -1.75. The van der Waals surface area contributed by atoms with E-state index < -0.39 is 14.1 Å². The molecule has 0 unspecified atom stereocenters. The summed E-state index contributed by atoms with van der Waals surface area (Å²) in [6, 6.07) is 1.22. The number of halogens is 2. The molecule has 0 amide bonds. The molecule has 1 rings (SSSR count). The standard InChI is InChI=1S/C13H21ClFNO2Si/c1-13(2,3)19(4,5)18-7-6-17-10-8-11(15)12(14)16-9-10/h8-9H,6-7H2,1-5H3. The second-order valence-corrected chi connectivity index (χ2v) is 11.1. The van der Waals surface area contributed by atoms with Gasteiger partial charge in [-0.25, -0.2) is 9.37 Å². The highest BCUT2D eigenvalue weighted by Crippen LogP contribution is 2.36. The normalized spacial score (nSPS) is 12.6. The van der Waals surface area contributed by atoms with Gasteiger partial charge in [0.25, 0.3) is 0 Å². The van der Waals surface area contributed by atoms with E-state index in [0.717, 1.165) is 0 Å². The molecule has 0 aromatic carbocycles. The van der Waals surface area contributed by atoms with Crippen LogP contribution in [0.25, 0.3) is 0 Å². The summed E-state index contributed by atoms with van der Waals surface area (Å²) in [5.41, 5.74) is 0. The first-order valence-electron chi connectivity index (χ1n) is 6.21. The Bertz CT molecular complexity index is 435. The summed E-state index contributed by atoms with van der Waals surface area (Å²) < 4.78 is 24.5. The van der Waals surface area contributed by atoms with Crippen molar-refractivity contribution in [1.82, 2.24) is 4.98 Å². The fourth-order valence-corrected chi connectivity index (χ4v) is 2.29. The van der Waals surface area contributed by atoms with Crippen molar-refractivity contribution in [2.45, 2.75) is 38.9 Å². The van der Waals surface area contributed by atoms with Crippen molar-refractivity contribution >= 4 is 19.9 Å². The molecule has 1 aromatic rings. The lowest BCUT2D eigenvalue weighted by atomic mass is 10.2. The number of rotatable bonds is 5. The lowest BCUT2D eigenvalue weighted by molar-refractivity contribution is 0.202. The average molecular weight is 306 g/mol. The second-order valence-electron chi connectivity index (χ2n) is 5.90. The second kappa shape index (κ2) is 6.20. The van der Waals surface area contributed by atoms with Gasteiger partial charge in [0.05, 0.1) is 12.8 Å². The fourth-order valence-electron chi connectivity index (χ4n) is 1.16. The molecule has 0 aliphatic carbocycles. The van der Waals surface area contributed by atoms with Crippen molar-refractivity contribution in [3.8, 4) is 5.75 Å². The molecule has 19 heavy (non-hydrogen) atoms. The van der Waals surface area contributed by atoms with Gasteiger partial charge in [-0.1, -0.05) is 32.4 Å². The molecule has 6 heteroatoms. The molecule has 0 saturated heterocycles. The van der Waals surface area contributed by atoms with Crippen LogP contribution in [0.1, 0.15) is 20.8 Å². The largest absolute Gasteiger partial charge is 0.490 e. The van der Waals surface area contributed by atoms with Crippen LogP contribution in [-0.2, 0) is 4.43 Å². The van der Waals surface area contributed by atoms with Gasteiger partial charge in [-0.15, -0.1) is 0 Å². The van der Waals surface area contributed by atoms with Gasteiger partial charge in [-0.2, -0.15) is 0 Å². The Morgan fingerprint density at radius 1 is 1.32 bits per heavy atom. The highest BCUT2D eigenvalue weighted by Gasteiger charge is 2.36. The summed E-state index contributed by atoms with van der Waals surface area (Å²) in [5, 5.41) is 0.0193. The summed E-state index contributed by atoms with van der Waals surface area (Å²) in [4.78, 5) is 3.68. The van der Waals surface area contributed by atoms with E-state index in [0.29, 0.717) is 19.0 Å². The predicted octanol–water partition coefficient (Wildman–Crippen LogP) is 4.27. The SMILES string of the molecule is CC(C)(C)[Si](C)(C)OCCOc1cnc(Cl)c(F)c1. The fraction of sp³-hybridized carbons (Fsp3) is 0.615. The molecule has 0 radical (unpaired) electrons. The zero-order valence-electron chi connectivity index (χ0n) is 12.1. The Morgan fingerprint density at radius 2 is 1.95 bits per heavy atom. The van der Waals surface area contributed by atoms with Gasteiger partial charge in [0.1, 0.15) is 12.4 Å². The van der Waals surface area contributed by atoms with Gasteiger partial charge >= 0.3 is 0 Å². The van der Waals surface area contributed by atoms with Crippen LogP contribution < -0.4 is 4.74 Å². The smallest absolute Gasteiger partial charge is 0.192 e. The summed E-state index contributed by atoms with van der Waals surface area (Å²) in [6.07, 6.45) is 1.40. The molecule has 1 aromatic heterocycles. The van der Waals surface area contributed by atoms with Gasteiger partial charge in [0.15, 0.2) is 19.3 Å². The molecule has 0 aliphatic heterocycles. The van der Waals surface area contributed by atoms with Crippen LogP contribution in [0.3, 0.4) is 0 Å². The van der Waals surface area contributed by atoms with Crippen LogP contribution in [0.4, 0.5) is 4.39 Å². The molecule has 0 saturated carbocycles. The molecular formula is C13H21ClFNO2Si. The lowest BCUT2D eigenvalue weighted by Gasteiger charge is -2.36. The van der Waals surface area contributed by atoms with E-state index in [9.17, 15) is 4.39 Å². The lowest BCUT2D eigenvalue weighted by Crippen LogP contribution is -2.41. The van der Waals surface area contributed by atoms with E-state index in [-0.39, 0.29) is 10.2 Å². The Labute approximate surface area is 120 Å². The van der Waals surface area contributed by atoms with Gasteiger partial charge in [-0.05, 0) is 18.1 Å². The zero-order chi connectivity index (χ0) is 14.7. The Kier molecular flexibility index (Phi) is 5.35. The first-order valence-corrected chi connectivity index (χ1v) is 9.50. The number of aromatic nitrogens is 1. The molecular weight excluding hydrogens is 285 g/mol. The van der Waals surface area contributed by atoms with Crippen molar-refractivity contribution in [3.05, 3.63) is 23.2 Å². The number of hydrogen-bond acceptors (Lipinski definition) is 3. The third-order valence-corrected chi connectivity index (χ3v) is 8.21. The van der Waals surface area contributed by atoms with E-state index in [4.69, 9.17) is 20.8 Å². The van der Waals surface area contributed by atoms with Crippen LogP contribution in [0.5, 0.6) is 5.75 Å². The van der Waals surface area contributed by atoms with Gasteiger partial charge in [0, 0.05) is 6.07 Å². The minimum Gasteiger partial charge on any atom is -0.490 e. The third-order valence-electron chi connectivity index (χ3n) is 3.39. The van der Waals surface area contributed by atoms with E-state index in [1.54, 1.807) is 0 Å². The van der Waals surface area contributed by atoms with Crippen LogP contribution in [-0.4, -0.2) is 26.5 Å². The molecule has 0 fully saturated rings. The van der Waals surface area contributed by atoms with Gasteiger partial charge in [0.2, 0.25) is 0 Å². The molecule has 0 bridgehead atoms. The van der Waals surface area contributed by atoms with E-state index in [1.807, 2.05) is 0 Å². The predicted molar refractivity (Wildman–Crippen MR) is 77.8 cm³/mol. The topological polar surface area (TPSA) is 31.4 Å². The Balaban J connectivity index is 2.41. The van der Waals surface area contributed by atoms with Crippen molar-refractivity contribution in [1.29, 1.82) is 0 Å². The summed E-state index contributed by atoms with van der Waals surface area (Å²) in [5.74, 6) is -0.217. The van der Waals surface area contributed by atoms with E-state index in [2.05, 4.69) is 38.8 Å². The summed E-state index contributed by atoms with van der Waals surface area (Å²) in [7, 11) is -1.75. The van der Waals surface area contributed by atoms with Crippen LogP contribution >= 0.6 is 11.6 Å². The van der Waals surface area contributed by atoms with Gasteiger partial charge < -0.3 is 9.16 Å². The van der Waals surface area contributed by atoms with Crippen molar-refractivity contribution in [2.75, 3.05) is 13.2 Å². The average Bonchev–Trinajstić information content (AvgIpc) is 2.27. The highest BCUT2D eigenvalue weighted by atomic mass is 35.5. The highest BCUT2D eigenvalue weighted by molar-refractivity contribution is 6.74. The van der Waals surface area contributed by atoms with Crippen LogP contribution in [0, 0.1) is 5.82 Å². The van der Waals surface area contributed by atoms with Crippen molar-refractivity contribution in [2.24, 2.45) is 0 Å². The zero-order valence-corrected chi connectivity index (χ0v) is 13.8. The molecule has 0 spiro atoms. The quantitative estimate of drug-likeness (QED) is 0.462. The maximum Gasteiger partial charge on any atom is 0.192 e. The Morgan fingerprint density at radius 3 is 2.47 bits per heavy atom. The minimum absolute atomic E-state index is 0.148. The van der Waals surface area contributed by atoms with Crippen molar-refractivity contribution < 1.29 is 13.6 Å². The third kappa shape index (κ3) is 4.74. The van der Waals surface area contributed by atoms with Crippen molar-refractivity contribution in [3.63, 3.8) is 0 Å². The van der Waals surface area contributed by atoms with E-state index in [1.165, 1.54) is 12.3 Å². The molecule has 3 nitrogen and oxygen atoms in total. The molecule has 1 heterocycles. The molecule has 0 aliphatic rings. The number of pyridine rings is 1. The van der Waals surface area contributed by atoms with Gasteiger partial charge in [-0.3, -0.25) is 0 Å². The maximum atomic E-state index is 13.1. The maximum absolute atomic E-state index is 13.1. The van der Waals surface area contributed by atoms with Crippen LogP contribution in [0.15, 0.2) is 12.3 Å². The first-order chi connectivity index (χ1) is 8.63. The summed E-state index contributed by atoms with van der Waals surface area (Å²) in [6.45, 7) is 11.7. The van der Waals surface area contributed by atoms with E-state index >= 15 is 0 Å². The number of nitrogens with zero attached hydrogens (tertiary/aromatic N) is 1. The number of ether oxygens (including phenoxy) is 1. The Hall–Kier alpha value is -0.653. The van der Waals surface area contributed by atoms with Crippen LogP contribution in [0.2, 0.25) is 23.3 Å². The molecule has 0 N–H and O–H groups in total. The number of hydrogen-bond donors (Lipinski definition) is 0. The molecule has 0 atom stereocenters.